The van der Waals surface area contributed by atoms with E-state index in [9.17, 15) is 5.11 Å². The molecule has 0 bridgehead atoms. The summed E-state index contributed by atoms with van der Waals surface area (Å²) in [4.78, 5) is 5.15. The summed E-state index contributed by atoms with van der Waals surface area (Å²) in [5.41, 5.74) is 5.89. The minimum absolute atomic E-state index is 0.0812. The molecule has 4 aromatic rings. The number of nitrogens with one attached hydrogen (secondary N) is 1. The van der Waals surface area contributed by atoms with Crippen molar-refractivity contribution in [1.29, 1.82) is 0 Å². The van der Waals surface area contributed by atoms with Gasteiger partial charge in [-0.05, 0) is 61.1 Å². The Morgan fingerprint density at radius 2 is 1.36 bits per heavy atom. The van der Waals surface area contributed by atoms with Crippen molar-refractivity contribution in [2.24, 2.45) is 5.92 Å². The Morgan fingerprint density at radius 3 is 2.05 bits per heavy atom. The van der Waals surface area contributed by atoms with E-state index in [1.807, 2.05) is 0 Å². The first kappa shape index (κ1) is 25.7. The van der Waals surface area contributed by atoms with Crippen molar-refractivity contribution in [2.45, 2.75) is 43.9 Å². The smallest absolute Gasteiger partial charge is 0.137 e. The number of nitrogens with zero attached hydrogens (tertiary/aromatic N) is 2. The van der Waals surface area contributed by atoms with Crippen LogP contribution in [-0.4, -0.2) is 41.4 Å². The summed E-state index contributed by atoms with van der Waals surface area (Å²) < 4.78 is 0. The SMILES string of the molecule is OCC1(C2CCN(Cc3ccccc3)C(Cc3ccccc3)C2)Nc2ccccc2N1CCc1ccccc1. The molecule has 1 saturated heterocycles. The molecule has 1 fully saturated rings. The fraction of sp³-hybridized carbons (Fsp3) is 0.314. The van der Waals surface area contributed by atoms with Crippen LogP contribution in [0.25, 0.3) is 0 Å². The van der Waals surface area contributed by atoms with Gasteiger partial charge in [0, 0.05) is 25.0 Å². The minimum atomic E-state index is -0.508. The molecule has 2 heterocycles. The van der Waals surface area contributed by atoms with Crippen LogP contribution in [-0.2, 0) is 19.4 Å². The Hall–Kier alpha value is -3.60. The van der Waals surface area contributed by atoms with Crippen molar-refractivity contribution in [3.8, 4) is 0 Å². The molecule has 2 aliphatic rings. The van der Waals surface area contributed by atoms with Gasteiger partial charge in [0.25, 0.3) is 0 Å². The summed E-state index contributed by atoms with van der Waals surface area (Å²) >= 11 is 0. The Balaban J connectivity index is 1.29. The fourth-order valence-corrected chi connectivity index (χ4v) is 6.77. The summed E-state index contributed by atoms with van der Waals surface area (Å²) in [5, 5.41) is 15.0. The number of likely N-dealkylation sites (tertiary alicyclic amines) is 1. The number of para-hydroxylation sites is 2. The van der Waals surface area contributed by atoms with Crippen LogP contribution in [0.3, 0.4) is 0 Å². The Bertz CT molecular complexity index is 1330. The van der Waals surface area contributed by atoms with E-state index in [-0.39, 0.29) is 6.61 Å². The summed E-state index contributed by atoms with van der Waals surface area (Å²) in [6.45, 7) is 2.92. The number of hydrogen-bond donors (Lipinski definition) is 2. The standard InChI is InChI=1S/C35H39N3O/c39-27-35(36-33-18-10-11-19-34(33)38(35)23-20-28-12-4-1-5-13-28)31-21-22-37(26-30-16-8-3-9-17-30)32(25-31)24-29-14-6-2-7-15-29/h1-19,31-32,36,39H,20-27H2. The van der Waals surface area contributed by atoms with Crippen LogP contribution < -0.4 is 10.2 Å². The maximum atomic E-state index is 11.2. The van der Waals surface area contributed by atoms with Gasteiger partial charge in [-0.2, -0.15) is 0 Å². The number of fused-ring (bicyclic) bond motifs is 1. The Labute approximate surface area is 232 Å². The van der Waals surface area contributed by atoms with Gasteiger partial charge in [0.1, 0.15) is 5.66 Å². The van der Waals surface area contributed by atoms with Crippen molar-refractivity contribution in [3.05, 3.63) is 132 Å². The van der Waals surface area contributed by atoms with E-state index in [2.05, 4.69) is 130 Å². The van der Waals surface area contributed by atoms with Crippen molar-refractivity contribution in [2.75, 3.05) is 29.9 Å². The van der Waals surface area contributed by atoms with E-state index < -0.39 is 5.66 Å². The highest BCUT2D eigenvalue weighted by Gasteiger charge is 2.50. The monoisotopic (exact) mass is 517 g/mol. The summed E-state index contributed by atoms with van der Waals surface area (Å²) in [7, 11) is 0. The van der Waals surface area contributed by atoms with Crippen LogP contribution >= 0.6 is 0 Å². The van der Waals surface area contributed by atoms with Crippen LogP contribution in [0, 0.1) is 5.92 Å². The largest absolute Gasteiger partial charge is 0.392 e. The van der Waals surface area contributed by atoms with Crippen molar-refractivity contribution >= 4 is 11.4 Å². The zero-order valence-electron chi connectivity index (χ0n) is 22.6. The average Bonchev–Trinajstić information content (AvgIpc) is 3.33. The average molecular weight is 518 g/mol. The van der Waals surface area contributed by atoms with Gasteiger partial charge < -0.3 is 15.3 Å². The topological polar surface area (TPSA) is 38.7 Å². The van der Waals surface area contributed by atoms with E-state index >= 15 is 0 Å². The van der Waals surface area contributed by atoms with Crippen LogP contribution in [0.2, 0.25) is 0 Å². The number of benzene rings is 4. The first-order chi connectivity index (χ1) is 19.2. The van der Waals surface area contributed by atoms with Crippen LogP contribution in [0.5, 0.6) is 0 Å². The fourth-order valence-electron chi connectivity index (χ4n) is 6.77. The Kier molecular flexibility index (Phi) is 7.67. The number of aliphatic hydroxyl groups is 1. The third-order valence-electron chi connectivity index (χ3n) is 8.79. The van der Waals surface area contributed by atoms with E-state index in [1.54, 1.807) is 0 Å². The number of aliphatic hydroxyl groups excluding tert-OH is 1. The predicted molar refractivity (Wildman–Crippen MR) is 161 cm³/mol. The lowest BCUT2D eigenvalue weighted by Crippen LogP contribution is -2.62. The summed E-state index contributed by atoms with van der Waals surface area (Å²) in [6.07, 6.45) is 4.04. The van der Waals surface area contributed by atoms with E-state index in [1.165, 1.54) is 22.4 Å². The Morgan fingerprint density at radius 1 is 0.744 bits per heavy atom. The first-order valence-electron chi connectivity index (χ1n) is 14.4. The zero-order valence-corrected chi connectivity index (χ0v) is 22.6. The first-order valence-corrected chi connectivity index (χ1v) is 14.4. The van der Waals surface area contributed by atoms with Gasteiger partial charge >= 0.3 is 0 Å². The molecule has 6 rings (SSSR count). The quantitative estimate of drug-likeness (QED) is 0.270. The van der Waals surface area contributed by atoms with Crippen molar-refractivity contribution in [3.63, 3.8) is 0 Å². The lowest BCUT2D eigenvalue weighted by atomic mass is 9.78. The molecule has 3 unspecified atom stereocenters. The van der Waals surface area contributed by atoms with E-state index in [0.29, 0.717) is 12.0 Å². The summed E-state index contributed by atoms with van der Waals surface area (Å²) in [5.74, 6) is 0.311. The predicted octanol–water partition coefficient (Wildman–Crippen LogP) is 6.37. The molecule has 4 aromatic carbocycles. The molecule has 4 heteroatoms. The number of anilines is 2. The molecule has 39 heavy (non-hydrogen) atoms. The molecule has 0 saturated carbocycles. The molecule has 0 amide bonds. The second kappa shape index (κ2) is 11.6. The molecule has 4 nitrogen and oxygen atoms in total. The van der Waals surface area contributed by atoms with Gasteiger partial charge in [-0.15, -0.1) is 0 Å². The van der Waals surface area contributed by atoms with Crippen molar-refractivity contribution in [1.82, 2.24) is 4.90 Å². The van der Waals surface area contributed by atoms with Crippen LogP contribution in [0.15, 0.2) is 115 Å². The summed E-state index contributed by atoms with van der Waals surface area (Å²) in [6, 6.07) is 41.4. The van der Waals surface area contributed by atoms with Crippen LogP contribution in [0.4, 0.5) is 11.4 Å². The molecular formula is C35H39N3O. The number of hydrogen-bond acceptors (Lipinski definition) is 4. The van der Waals surface area contributed by atoms with Gasteiger partial charge in [0.2, 0.25) is 0 Å². The van der Waals surface area contributed by atoms with Crippen LogP contribution in [0.1, 0.15) is 29.5 Å². The molecule has 2 N–H and O–H groups in total. The molecule has 0 aromatic heterocycles. The third kappa shape index (κ3) is 5.45. The van der Waals surface area contributed by atoms with Gasteiger partial charge in [0.15, 0.2) is 0 Å². The molecule has 2 aliphatic heterocycles. The van der Waals surface area contributed by atoms with Gasteiger partial charge in [-0.25, -0.2) is 0 Å². The highest BCUT2D eigenvalue weighted by Crippen LogP contribution is 2.47. The lowest BCUT2D eigenvalue weighted by molar-refractivity contribution is 0.0528. The highest BCUT2D eigenvalue weighted by molar-refractivity contribution is 5.78. The lowest BCUT2D eigenvalue weighted by Gasteiger charge is -2.50. The van der Waals surface area contributed by atoms with Crippen molar-refractivity contribution < 1.29 is 5.11 Å². The van der Waals surface area contributed by atoms with E-state index in [4.69, 9.17) is 0 Å². The molecule has 0 spiro atoms. The molecule has 3 atom stereocenters. The zero-order chi connectivity index (χ0) is 26.5. The number of piperidine rings is 1. The second-order valence-electron chi connectivity index (χ2n) is 11.1. The van der Waals surface area contributed by atoms with E-state index in [0.717, 1.165) is 51.0 Å². The maximum absolute atomic E-state index is 11.2. The molecule has 200 valence electrons. The van der Waals surface area contributed by atoms with Gasteiger partial charge in [-0.1, -0.05) is 103 Å². The second-order valence-corrected chi connectivity index (χ2v) is 11.1. The molecule has 0 aliphatic carbocycles. The van der Waals surface area contributed by atoms with Gasteiger partial charge in [0.05, 0.1) is 18.0 Å². The highest BCUT2D eigenvalue weighted by atomic mass is 16.3. The number of rotatable bonds is 9. The maximum Gasteiger partial charge on any atom is 0.137 e. The normalized spacial score (nSPS) is 22.8. The third-order valence-corrected chi connectivity index (χ3v) is 8.79. The molecular weight excluding hydrogens is 478 g/mol. The minimum Gasteiger partial charge on any atom is -0.392 e. The van der Waals surface area contributed by atoms with Gasteiger partial charge in [-0.3, -0.25) is 4.90 Å². The molecule has 0 radical (unpaired) electrons.